The van der Waals surface area contributed by atoms with Crippen molar-refractivity contribution in [3.8, 4) is 5.75 Å². The number of ether oxygens (including phenoxy) is 2. The molecule has 1 saturated heterocycles. The van der Waals surface area contributed by atoms with Crippen molar-refractivity contribution in [2.45, 2.75) is 25.0 Å². The molecular formula is C15H21NO5. The van der Waals surface area contributed by atoms with E-state index in [0.717, 1.165) is 19.4 Å². The average Bonchev–Trinajstić information content (AvgIpc) is 3.04. The Hall–Kier alpha value is -1.63. The number of nitrogens with one attached hydrogen (secondary N) is 1. The van der Waals surface area contributed by atoms with E-state index >= 15 is 0 Å². The number of hydrogen-bond acceptors (Lipinski definition) is 5. The first-order chi connectivity index (χ1) is 10.2. The zero-order chi connectivity index (χ0) is 15.1. The Kier molecular flexibility index (Phi) is 5.98. The number of para-hydroxylation sites is 1. The zero-order valence-corrected chi connectivity index (χ0v) is 11.8. The minimum absolute atomic E-state index is 0.00456. The molecule has 6 nitrogen and oxygen atoms in total. The van der Waals surface area contributed by atoms with Crippen LogP contribution in [0.15, 0.2) is 24.3 Å². The summed E-state index contributed by atoms with van der Waals surface area (Å²) in [5.41, 5.74) is 0.403. The van der Waals surface area contributed by atoms with Crippen molar-refractivity contribution in [1.29, 1.82) is 0 Å². The first-order valence-electron chi connectivity index (χ1n) is 7.11. The lowest BCUT2D eigenvalue weighted by Crippen LogP contribution is -2.34. The molecule has 2 unspecified atom stereocenters. The molecule has 1 heterocycles. The Bertz CT molecular complexity index is 459. The summed E-state index contributed by atoms with van der Waals surface area (Å²) >= 11 is 0. The van der Waals surface area contributed by atoms with Crippen LogP contribution in [0.4, 0.5) is 0 Å². The molecular weight excluding hydrogens is 274 g/mol. The van der Waals surface area contributed by atoms with Crippen LogP contribution in [0, 0.1) is 0 Å². The first kappa shape index (κ1) is 15.8. The highest BCUT2D eigenvalue weighted by molar-refractivity contribution is 5.96. The molecule has 1 aromatic rings. The van der Waals surface area contributed by atoms with Gasteiger partial charge in [-0.3, -0.25) is 4.79 Å². The fourth-order valence-corrected chi connectivity index (χ4v) is 2.11. The average molecular weight is 295 g/mol. The highest BCUT2D eigenvalue weighted by atomic mass is 16.5. The fraction of sp³-hybridized carbons (Fsp3) is 0.533. The number of rotatable bonds is 7. The number of aliphatic hydroxyl groups is 2. The Balaban J connectivity index is 1.93. The number of aliphatic hydroxyl groups excluding tert-OH is 2. The summed E-state index contributed by atoms with van der Waals surface area (Å²) in [5, 5.41) is 20.6. The molecule has 6 heteroatoms. The molecule has 1 aliphatic heterocycles. The van der Waals surface area contributed by atoms with Crippen molar-refractivity contribution in [2.75, 3.05) is 26.4 Å². The van der Waals surface area contributed by atoms with E-state index < -0.39 is 12.7 Å². The van der Waals surface area contributed by atoms with Crippen LogP contribution in [0.1, 0.15) is 23.2 Å². The van der Waals surface area contributed by atoms with Gasteiger partial charge in [-0.05, 0) is 25.0 Å². The molecule has 1 aliphatic rings. The molecule has 0 bridgehead atoms. The van der Waals surface area contributed by atoms with Gasteiger partial charge in [-0.2, -0.15) is 0 Å². The SMILES string of the molecule is O=C(NCC(O)CO)c1ccccc1OCC1CCCO1. The highest BCUT2D eigenvalue weighted by Gasteiger charge is 2.18. The minimum Gasteiger partial charge on any atom is -0.490 e. The Morgan fingerprint density at radius 1 is 1.48 bits per heavy atom. The van der Waals surface area contributed by atoms with E-state index in [1.807, 2.05) is 0 Å². The molecule has 2 atom stereocenters. The maximum absolute atomic E-state index is 12.1. The van der Waals surface area contributed by atoms with E-state index in [1.54, 1.807) is 24.3 Å². The topological polar surface area (TPSA) is 88.0 Å². The van der Waals surface area contributed by atoms with Gasteiger partial charge < -0.3 is 25.0 Å². The molecule has 0 saturated carbocycles. The molecule has 1 aromatic carbocycles. The predicted octanol–water partition coefficient (Wildman–Crippen LogP) is 0.327. The van der Waals surface area contributed by atoms with Gasteiger partial charge in [-0.15, -0.1) is 0 Å². The number of carbonyl (C=O) groups is 1. The molecule has 0 spiro atoms. The summed E-state index contributed by atoms with van der Waals surface area (Å²) in [7, 11) is 0. The molecule has 1 amide bonds. The minimum atomic E-state index is -0.964. The molecule has 1 fully saturated rings. The van der Waals surface area contributed by atoms with Gasteiger partial charge in [-0.1, -0.05) is 12.1 Å². The van der Waals surface area contributed by atoms with Gasteiger partial charge in [0.05, 0.1) is 24.4 Å². The molecule has 0 aromatic heterocycles. The summed E-state index contributed by atoms with van der Waals surface area (Å²) < 4.78 is 11.2. The molecule has 21 heavy (non-hydrogen) atoms. The summed E-state index contributed by atoms with van der Waals surface area (Å²) in [4.78, 5) is 12.1. The third-order valence-electron chi connectivity index (χ3n) is 3.29. The van der Waals surface area contributed by atoms with Crippen LogP contribution in [0.3, 0.4) is 0 Å². The van der Waals surface area contributed by atoms with Gasteiger partial charge >= 0.3 is 0 Å². The third kappa shape index (κ3) is 4.70. The van der Waals surface area contributed by atoms with E-state index in [0.29, 0.717) is 17.9 Å². The van der Waals surface area contributed by atoms with Crippen molar-refractivity contribution in [1.82, 2.24) is 5.32 Å². The van der Waals surface area contributed by atoms with Crippen molar-refractivity contribution >= 4 is 5.91 Å². The zero-order valence-electron chi connectivity index (χ0n) is 11.8. The quantitative estimate of drug-likeness (QED) is 0.674. The maximum atomic E-state index is 12.1. The van der Waals surface area contributed by atoms with E-state index in [1.165, 1.54) is 0 Å². The number of hydrogen-bond donors (Lipinski definition) is 3. The Labute approximate surface area is 123 Å². The summed E-state index contributed by atoms with van der Waals surface area (Å²) in [6, 6.07) is 6.93. The monoisotopic (exact) mass is 295 g/mol. The summed E-state index contributed by atoms with van der Waals surface area (Å²) in [5.74, 6) is 0.148. The number of amides is 1. The van der Waals surface area contributed by atoms with Crippen LogP contribution in [-0.4, -0.2) is 54.7 Å². The van der Waals surface area contributed by atoms with Crippen molar-refractivity contribution in [2.24, 2.45) is 0 Å². The summed E-state index contributed by atoms with van der Waals surface area (Å²) in [6.45, 7) is 0.783. The normalized spacial score (nSPS) is 19.2. The van der Waals surface area contributed by atoms with E-state index in [2.05, 4.69) is 5.32 Å². The van der Waals surface area contributed by atoms with Crippen LogP contribution >= 0.6 is 0 Å². The lowest BCUT2D eigenvalue weighted by atomic mass is 10.2. The van der Waals surface area contributed by atoms with Crippen LogP contribution < -0.4 is 10.1 Å². The van der Waals surface area contributed by atoms with Crippen LogP contribution in [0.5, 0.6) is 5.75 Å². The van der Waals surface area contributed by atoms with Crippen LogP contribution in [0.25, 0.3) is 0 Å². The van der Waals surface area contributed by atoms with Gasteiger partial charge in [0, 0.05) is 13.2 Å². The van der Waals surface area contributed by atoms with Gasteiger partial charge in [-0.25, -0.2) is 0 Å². The van der Waals surface area contributed by atoms with E-state index in [4.69, 9.17) is 14.6 Å². The molecule has 0 radical (unpaired) electrons. The standard InChI is InChI=1S/C15H21NO5/c17-9-11(18)8-16-15(19)13-5-1-2-6-14(13)21-10-12-4-3-7-20-12/h1-2,5-6,11-12,17-18H,3-4,7-10H2,(H,16,19). The number of benzene rings is 1. The molecule has 2 rings (SSSR count). The second-order valence-electron chi connectivity index (χ2n) is 4.99. The summed E-state index contributed by atoms with van der Waals surface area (Å²) in [6.07, 6.45) is 1.12. The van der Waals surface area contributed by atoms with Gasteiger partial charge in [0.15, 0.2) is 0 Å². The van der Waals surface area contributed by atoms with Crippen LogP contribution in [-0.2, 0) is 4.74 Å². The Morgan fingerprint density at radius 2 is 2.29 bits per heavy atom. The van der Waals surface area contributed by atoms with Crippen LogP contribution in [0.2, 0.25) is 0 Å². The van der Waals surface area contributed by atoms with E-state index in [9.17, 15) is 9.90 Å². The van der Waals surface area contributed by atoms with Gasteiger partial charge in [0.1, 0.15) is 12.4 Å². The second-order valence-corrected chi connectivity index (χ2v) is 4.99. The van der Waals surface area contributed by atoms with Crippen molar-refractivity contribution in [3.63, 3.8) is 0 Å². The largest absolute Gasteiger partial charge is 0.490 e. The Morgan fingerprint density at radius 3 is 3.00 bits per heavy atom. The van der Waals surface area contributed by atoms with Crippen molar-refractivity contribution in [3.05, 3.63) is 29.8 Å². The predicted molar refractivity (Wildman–Crippen MR) is 76.3 cm³/mol. The van der Waals surface area contributed by atoms with Gasteiger partial charge in [0.2, 0.25) is 0 Å². The lowest BCUT2D eigenvalue weighted by molar-refractivity contribution is 0.0666. The first-order valence-corrected chi connectivity index (χ1v) is 7.11. The molecule has 3 N–H and O–H groups in total. The van der Waals surface area contributed by atoms with Crippen molar-refractivity contribution < 1.29 is 24.5 Å². The third-order valence-corrected chi connectivity index (χ3v) is 3.29. The van der Waals surface area contributed by atoms with Gasteiger partial charge in [0.25, 0.3) is 5.91 Å². The lowest BCUT2D eigenvalue weighted by Gasteiger charge is -2.15. The highest BCUT2D eigenvalue weighted by Crippen LogP contribution is 2.20. The fourth-order valence-electron chi connectivity index (χ4n) is 2.11. The second kappa shape index (κ2) is 7.97. The smallest absolute Gasteiger partial charge is 0.255 e. The number of carbonyl (C=O) groups excluding carboxylic acids is 1. The molecule has 0 aliphatic carbocycles. The maximum Gasteiger partial charge on any atom is 0.255 e. The molecule has 116 valence electrons. The van der Waals surface area contributed by atoms with E-state index in [-0.39, 0.29) is 18.6 Å².